The number of hydrogen-bond acceptors (Lipinski definition) is 6. The van der Waals surface area contributed by atoms with Crippen LogP contribution in [0.1, 0.15) is 10.4 Å². The third-order valence-electron chi connectivity index (χ3n) is 3.85. The van der Waals surface area contributed by atoms with Crippen molar-refractivity contribution in [2.24, 2.45) is 0 Å². The molecule has 10 heteroatoms. The van der Waals surface area contributed by atoms with Gasteiger partial charge in [0.15, 0.2) is 5.75 Å². The zero-order chi connectivity index (χ0) is 21.7. The Balaban J connectivity index is 2.06. The third kappa shape index (κ3) is 5.32. The van der Waals surface area contributed by atoms with Gasteiger partial charge in [-0.15, -0.1) is 0 Å². The van der Waals surface area contributed by atoms with Crippen molar-refractivity contribution in [1.29, 1.82) is 0 Å². The van der Waals surface area contributed by atoms with Crippen molar-refractivity contribution >= 4 is 33.0 Å². The molecule has 0 saturated carbocycles. The molecule has 9 nitrogen and oxygen atoms in total. The van der Waals surface area contributed by atoms with E-state index in [4.69, 9.17) is 4.74 Å². The van der Waals surface area contributed by atoms with Gasteiger partial charge in [0.2, 0.25) is 10.0 Å². The molecule has 0 fully saturated rings. The van der Waals surface area contributed by atoms with Gasteiger partial charge in [-0.2, -0.15) is 0 Å². The molecule has 1 amide bonds. The van der Waals surface area contributed by atoms with Crippen molar-refractivity contribution in [3.63, 3.8) is 0 Å². The molecule has 0 aromatic heterocycles. The van der Waals surface area contributed by atoms with Gasteiger partial charge in [0.25, 0.3) is 11.6 Å². The minimum atomic E-state index is -3.74. The van der Waals surface area contributed by atoms with Gasteiger partial charge in [0.05, 0.1) is 22.9 Å². The second-order valence-electron chi connectivity index (χ2n) is 6.23. The number of nitro benzene ring substituents is 1. The zero-order valence-electron chi connectivity index (χ0n) is 15.7. The number of benzene rings is 3. The smallest absolute Gasteiger partial charge is 0.296 e. The molecule has 0 heterocycles. The molecule has 30 heavy (non-hydrogen) atoms. The summed E-state index contributed by atoms with van der Waals surface area (Å²) >= 11 is 0. The van der Waals surface area contributed by atoms with Crippen LogP contribution in [0.25, 0.3) is 0 Å². The van der Waals surface area contributed by atoms with E-state index in [1.54, 1.807) is 60.7 Å². The number of nitro groups is 1. The number of anilines is 2. The molecule has 0 unspecified atom stereocenters. The molecule has 3 aromatic carbocycles. The molecular weight excluding hydrogens is 410 g/mol. The highest BCUT2D eigenvalue weighted by molar-refractivity contribution is 7.92. The van der Waals surface area contributed by atoms with Crippen LogP contribution in [-0.4, -0.2) is 25.5 Å². The van der Waals surface area contributed by atoms with Crippen molar-refractivity contribution < 1.29 is 22.9 Å². The maximum absolute atomic E-state index is 12.5. The van der Waals surface area contributed by atoms with Crippen LogP contribution in [0.4, 0.5) is 17.1 Å². The van der Waals surface area contributed by atoms with Gasteiger partial charge < -0.3 is 10.1 Å². The van der Waals surface area contributed by atoms with Crippen molar-refractivity contribution in [3.05, 3.63) is 88.5 Å². The second-order valence-corrected chi connectivity index (χ2v) is 7.98. The fraction of sp³-hybridized carbons (Fsp3) is 0.0500. The van der Waals surface area contributed by atoms with Crippen molar-refractivity contribution in [1.82, 2.24) is 0 Å². The van der Waals surface area contributed by atoms with Gasteiger partial charge in [0.1, 0.15) is 11.4 Å². The molecule has 0 aliphatic heterocycles. The first-order valence-corrected chi connectivity index (χ1v) is 10.5. The van der Waals surface area contributed by atoms with Gasteiger partial charge in [-0.3, -0.25) is 19.6 Å². The Labute approximate surface area is 172 Å². The number of nitrogens with one attached hydrogen (secondary N) is 2. The number of amides is 1. The highest BCUT2D eigenvalue weighted by Gasteiger charge is 2.23. The van der Waals surface area contributed by atoms with E-state index in [2.05, 4.69) is 10.0 Å². The lowest BCUT2D eigenvalue weighted by molar-refractivity contribution is -0.384. The van der Waals surface area contributed by atoms with E-state index in [9.17, 15) is 23.3 Å². The number of para-hydroxylation sites is 1. The minimum Gasteiger partial charge on any atom is -0.455 e. The van der Waals surface area contributed by atoms with Crippen LogP contribution >= 0.6 is 0 Å². The predicted molar refractivity (Wildman–Crippen MR) is 112 cm³/mol. The van der Waals surface area contributed by atoms with Gasteiger partial charge in [-0.25, -0.2) is 8.42 Å². The fourth-order valence-electron chi connectivity index (χ4n) is 2.58. The molecule has 0 spiro atoms. The van der Waals surface area contributed by atoms with Crippen LogP contribution in [0.15, 0.2) is 72.8 Å². The van der Waals surface area contributed by atoms with E-state index < -0.39 is 26.5 Å². The van der Waals surface area contributed by atoms with E-state index in [1.165, 1.54) is 0 Å². The second kappa shape index (κ2) is 8.62. The highest BCUT2D eigenvalue weighted by atomic mass is 32.2. The molecule has 0 aliphatic carbocycles. The Morgan fingerprint density at radius 2 is 1.57 bits per heavy atom. The normalized spacial score (nSPS) is 10.8. The van der Waals surface area contributed by atoms with Crippen molar-refractivity contribution in [3.8, 4) is 11.5 Å². The maximum atomic E-state index is 12.5. The zero-order valence-corrected chi connectivity index (χ0v) is 16.5. The monoisotopic (exact) mass is 427 g/mol. The molecule has 154 valence electrons. The Morgan fingerprint density at radius 3 is 2.13 bits per heavy atom. The fourth-order valence-corrected chi connectivity index (χ4v) is 3.14. The molecule has 0 bridgehead atoms. The summed E-state index contributed by atoms with van der Waals surface area (Å²) in [6.45, 7) is 0. The number of hydrogen-bond donors (Lipinski definition) is 2. The molecule has 0 aliphatic rings. The Kier molecular flexibility index (Phi) is 5.98. The lowest BCUT2D eigenvalue weighted by Crippen LogP contribution is -2.15. The lowest BCUT2D eigenvalue weighted by Gasteiger charge is -2.15. The van der Waals surface area contributed by atoms with E-state index >= 15 is 0 Å². The average molecular weight is 427 g/mol. The van der Waals surface area contributed by atoms with Gasteiger partial charge in [0, 0.05) is 5.56 Å². The Hall–Kier alpha value is -3.92. The molecule has 0 saturated heterocycles. The van der Waals surface area contributed by atoms with Gasteiger partial charge >= 0.3 is 0 Å². The van der Waals surface area contributed by atoms with Crippen LogP contribution in [0, 0.1) is 10.1 Å². The third-order valence-corrected chi connectivity index (χ3v) is 4.44. The minimum absolute atomic E-state index is 0.0599. The van der Waals surface area contributed by atoms with Crippen molar-refractivity contribution in [2.75, 3.05) is 16.3 Å². The summed E-state index contributed by atoms with van der Waals surface area (Å²) in [5.41, 5.74) is -0.408. The molecule has 2 N–H and O–H groups in total. The van der Waals surface area contributed by atoms with E-state index in [-0.39, 0.29) is 22.7 Å². The van der Waals surface area contributed by atoms with Crippen LogP contribution in [0.5, 0.6) is 11.5 Å². The predicted octanol–water partition coefficient (Wildman–Crippen LogP) is 4.01. The summed E-state index contributed by atoms with van der Waals surface area (Å²) in [6.07, 6.45) is 0.933. The summed E-state index contributed by atoms with van der Waals surface area (Å²) in [7, 11) is -3.74. The number of ether oxygens (including phenoxy) is 1. The molecule has 0 radical (unpaired) electrons. The number of sulfonamides is 1. The lowest BCUT2D eigenvalue weighted by atomic mass is 10.2. The number of carbonyl (C=O) groups excluding carboxylic acids is 1. The maximum Gasteiger partial charge on any atom is 0.296 e. The molecule has 3 aromatic rings. The summed E-state index contributed by atoms with van der Waals surface area (Å²) in [5.74, 6) is -0.318. The topological polar surface area (TPSA) is 128 Å². The summed E-state index contributed by atoms with van der Waals surface area (Å²) in [6, 6.07) is 18.7. The number of rotatable bonds is 7. The summed E-state index contributed by atoms with van der Waals surface area (Å²) in [4.78, 5) is 23.4. The first-order chi connectivity index (χ1) is 14.2. The Bertz CT molecular complexity index is 1180. The van der Waals surface area contributed by atoms with E-state index in [0.717, 1.165) is 18.4 Å². The SMILES string of the molecule is CS(=O)(=O)Nc1cc(NC(=O)c2ccccc2)c([N+](=O)[O-])cc1Oc1ccccc1. The van der Waals surface area contributed by atoms with E-state index in [0.29, 0.717) is 5.75 Å². The Morgan fingerprint density at radius 1 is 0.967 bits per heavy atom. The first kappa shape index (κ1) is 20.8. The first-order valence-electron chi connectivity index (χ1n) is 8.62. The highest BCUT2D eigenvalue weighted by Crippen LogP contribution is 2.39. The molecular formula is C20H17N3O6S. The number of carbonyl (C=O) groups is 1. The standard InChI is InChI=1S/C20H17N3O6S/c1-30(27,28)22-17-12-16(21-20(24)14-8-4-2-5-9-14)18(23(25)26)13-19(17)29-15-10-6-3-7-11-15/h2-13,22H,1H3,(H,21,24). The largest absolute Gasteiger partial charge is 0.455 e. The number of nitrogens with zero attached hydrogens (tertiary/aromatic N) is 1. The molecule has 0 atom stereocenters. The summed E-state index contributed by atoms with van der Waals surface area (Å²) < 4.78 is 31.5. The van der Waals surface area contributed by atoms with Crippen LogP contribution in [0.3, 0.4) is 0 Å². The van der Waals surface area contributed by atoms with Gasteiger partial charge in [-0.05, 0) is 30.3 Å². The molecule has 3 rings (SSSR count). The van der Waals surface area contributed by atoms with Gasteiger partial charge in [-0.1, -0.05) is 36.4 Å². The average Bonchev–Trinajstić information content (AvgIpc) is 2.70. The van der Waals surface area contributed by atoms with E-state index in [1.807, 2.05) is 0 Å². The van der Waals surface area contributed by atoms with Crippen LogP contribution in [0.2, 0.25) is 0 Å². The quantitative estimate of drug-likeness (QED) is 0.433. The van der Waals surface area contributed by atoms with Crippen LogP contribution in [-0.2, 0) is 10.0 Å². The van der Waals surface area contributed by atoms with Crippen molar-refractivity contribution in [2.45, 2.75) is 0 Å². The van der Waals surface area contributed by atoms with Crippen LogP contribution < -0.4 is 14.8 Å². The summed E-state index contributed by atoms with van der Waals surface area (Å²) in [5, 5.41) is 14.1.